The molecule has 6 nitrogen and oxygen atoms in total. The van der Waals surface area contributed by atoms with Crippen LogP contribution in [0, 0.1) is 0 Å². The fraction of sp³-hybridized carbons (Fsp3) is 0.167. The quantitative estimate of drug-likeness (QED) is 0.433. The highest BCUT2D eigenvalue weighted by atomic mass is 16.5. The summed E-state index contributed by atoms with van der Waals surface area (Å²) in [5.41, 5.74) is 5.20. The summed E-state index contributed by atoms with van der Waals surface area (Å²) >= 11 is 0. The van der Waals surface area contributed by atoms with E-state index in [4.69, 9.17) is 14.2 Å². The number of rotatable bonds is 9. The van der Waals surface area contributed by atoms with Crippen molar-refractivity contribution in [1.29, 1.82) is 0 Å². The van der Waals surface area contributed by atoms with Gasteiger partial charge in [-0.2, -0.15) is 5.10 Å². The van der Waals surface area contributed by atoms with Crippen LogP contribution in [0.15, 0.2) is 77.9 Å². The van der Waals surface area contributed by atoms with Crippen LogP contribution in [0.5, 0.6) is 17.2 Å². The zero-order chi connectivity index (χ0) is 21.2. The molecule has 0 radical (unpaired) electrons. The molecule has 6 heteroatoms. The van der Waals surface area contributed by atoms with E-state index in [9.17, 15) is 4.79 Å². The lowest BCUT2D eigenvalue weighted by molar-refractivity contribution is -0.120. The van der Waals surface area contributed by atoms with E-state index in [1.807, 2.05) is 60.7 Å². The van der Waals surface area contributed by atoms with Crippen molar-refractivity contribution in [3.05, 3.63) is 89.5 Å². The van der Waals surface area contributed by atoms with Crippen molar-refractivity contribution in [3.8, 4) is 17.2 Å². The van der Waals surface area contributed by atoms with Gasteiger partial charge in [0.15, 0.2) is 11.5 Å². The number of benzene rings is 3. The first-order valence-electron chi connectivity index (χ1n) is 9.48. The second-order valence-corrected chi connectivity index (χ2v) is 6.48. The van der Waals surface area contributed by atoms with E-state index in [1.165, 1.54) is 6.21 Å². The van der Waals surface area contributed by atoms with Crippen LogP contribution < -0.4 is 19.6 Å². The van der Waals surface area contributed by atoms with Gasteiger partial charge in [-0.25, -0.2) is 5.43 Å². The summed E-state index contributed by atoms with van der Waals surface area (Å²) in [5, 5.41) is 4.04. The lowest BCUT2D eigenvalue weighted by atomic mass is 10.1. The van der Waals surface area contributed by atoms with Gasteiger partial charge in [-0.05, 0) is 23.3 Å². The molecule has 0 saturated carbocycles. The summed E-state index contributed by atoms with van der Waals surface area (Å²) in [6.45, 7) is 0.385. The number of amides is 1. The number of ether oxygens (including phenoxy) is 3. The predicted octanol–water partition coefficient (Wildman–Crippen LogP) is 3.98. The van der Waals surface area contributed by atoms with Crippen LogP contribution >= 0.6 is 0 Å². The molecular formula is C24H24N2O4. The number of hydrogen-bond acceptors (Lipinski definition) is 5. The van der Waals surface area contributed by atoms with E-state index in [-0.39, 0.29) is 12.3 Å². The number of carbonyl (C=O) groups excluding carboxylic acids is 1. The van der Waals surface area contributed by atoms with Crippen molar-refractivity contribution >= 4 is 12.1 Å². The Kier molecular flexibility index (Phi) is 7.44. The molecule has 0 atom stereocenters. The van der Waals surface area contributed by atoms with Crippen LogP contribution in [0.1, 0.15) is 16.7 Å². The van der Waals surface area contributed by atoms with Crippen molar-refractivity contribution in [2.24, 2.45) is 5.10 Å². The first-order chi connectivity index (χ1) is 14.7. The molecule has 154 valence electrons. The highest BCUT2D eigenvalue weighted by molar-refractivity contribution is 5.85. The molecule has 30 heavy (non-hydrogen) atoms. The SMILES string of the molecule is COc1cc(/C=N/NC(=O)Cc2ccccc2)cc(OC)c1OCc1ccccc1. The minimum Gasteiger partial charge on any atom is -0.493 e. The van der Waals surface area contributed by atoms with Crippen molar-refractivity contribution in [2.75, 3.05) is 14.2 Å². The van der Waals surface area contributed by atoms with Crippen molar-refractivity contribution in [3.63, 3.8) is 0 Å². The maximum absolute atomic E-state index is 12.0. The lowest BCUT2D eigenvalue weighted by Gasteiger charge is -2.15. The van der Waals surface area contributed by atoms with Crippen LogP contribution in [0.3, 0.4) is 0 Å². The second kappa shape index (κ2) is 10.7. The number of nitrogens with zero attached hydrogens (tertiary/aromatic N) is 1. The Morgan fingerprint density at radius 1 is 0.900 bits per heavy atom. The zero-order valence-corrected chi connectivity index (χ0v) is 17.0. The average Bonchev–Trinajstić information content (AvgIpc) is 2.78. The maximum atomic E-state index is 12.0. The fourth-order valence-electron chi connectivity index (χ4n) is 2.85. The van der Waals surface area contributed by atoms with E-state index in [2.05, 4.69) is 10.5 Å². The Hall–Kier alpha value is -3.80. The Bertz CT molecular complexity index is 964. The summed E-state index contributed by atoms with van der Waals surface area (Å²) < 4.78 is 16.9. The predicted molar refractivity (Wildman–Crippen MR) is 116 cm³/mol. The average molecular weight is 404 g/mol. The third kappa shape index (κ3) is 5.85. The van der Waals surface area contributed by atoms with E-state index in [0.717, 1.165) is 11.1 Å². The number of hydrazone groups is 1. The van der Waals surface area contributed by atoms with E-state index in [0.29, 0.717) is 29.4 Å². The van der Waals surface area contributed by atoms with Crippen molar-refractivity contribution in [1.82, 2.24) is 5.43 Å². The van der Waals surface area contributed by atoms with E-state index in [1.54, 1.807) is 26.4 Å². The normalized spacial score (nSPS) is 10.6. The summed E-state index contributed by atoms with van der Waals surface area (Å²) in [6.07, 6.45) is 1.80. The van der Waals surface area contributed by atoms with Gasteiger partial charge in [0.1, 0.15) is 6.61 Å². The van der Waals surface area contributed by atoms with Crippen LogP contribution in [0.4, 0.5) is 0 Å². The third-order valence-corrected chi connectivity index (χ3v) is 4.32. The molecule has 0 saturated heterocycles. The highest BCUT2D eigenvalue weighted by Crippen LogP contribution is 2.38. The summed E-state index contributed by atoms with van der Waals surface area (Å²) in [4.78, 5) is 12.0. The third-order valence-electron chi connectivity index (χ3n) is 4.32. The van der Waals surface area contributed by atoms with Gasteiger partial charge in [0.2, 0.25) is 11.7 Å². The molecule has 0 bridgehead atoms. The minimum atomic E-state index is -0.195. The van der Waals surface area contributed by atoms with Crippen LogP contribution in [-0.2, 0) is 17.8 Å². The molecule has 0 aliphatic carbocycles. The molecule has 0 aromatic heterocycles. The van der Waals surface area contributed by atoms with Gasteiger partial charge in [-0.3, -0.25) is 4.79 Å². The summed E-state index contributed by atoms with van der Waals surface area (Å²) in [7, 11) is 3.12. The molecule has 0 fully saturated rings. The largest absolute Gasteiger partial charge is 0.493 e. The maximum Gasteiger partial charge on any atom is 0.244 e. The number of carbonyl (C=O) groups is 1. The van der Waals surface area contributed by atoms with Gasteiger partial charge >= 0.3 is 0 Å². The highest BCUT2D eigenvalue weighted by Gasteiger charge is 2.14. The Balaban J connectivity index is 1.67. The lowest BCUT2D eigenvalue weighted by Crippen LogP contribution is -2.19. The minimum absolute atomic E-state index is 0.195. The fourth-order valence-corrected chi connectivity index (χ4v) is 2.85. The monoisotopic (exact) mass is 404 g/mol. The Morgan fingerprint density at radius 2 is 1.47 bits per heavy atom. The number of nitrogens with one attached hydrogen (secondary N) is 1. The molecule has 0 spiro atoms. The van der Waals surface area contributed by atoms with Gasteiger partial charge in [0.05, 0.1) is 26.9 Å². The van der Waals surface area contributed by atoms with E-state index < -0.39 is 0 Å². The topological polar surface area (TPSA) is 69.2 Å². The molecule has 0 unspecified atom stereocenters. The van der Waals surface area contributed by atoms with Crippen LogP contribution in [-0.4, -0.2) is 26.3 Å². The van der Waals surface area contributed by atoms with Gasteiger partial charge < -0.3 is 14.2 Å². The van der Waals surface area contributed by atoms with Gasteiger partial charge in [-0.15, -0.1) is 0 Å². The molecule has 3 rings (SSSR count). The van der Waals surface area contributed by atoms with Gasteiger partial charge in [0.25, 0.3) is 0 Å². The van der Waals surface area contributed by atoms with E-state index >= 15 is 0 Å². The smallest absolute Gasteiger partial charge is 0.244 e. The molecular weight excluding hydrogens is 380 g/mol. The number of hydrogen-bond donors (Lipinski definition) is 1. The van der Waals surface area contributed by atoms with Crippen molar-refractivity contribution < 1.29 is 19.0 Å². The number of methoxy groups -OCH3 is 2. The van der Waals surface area contributed by atoms with Crippen LogP contribution in [0.2, 0.25) is 0 Å². The summed E-state index contributed by atoms with van der Waals surface area (Å²) in [5.74, 6) is 1.35. The Morgan fingerprint density at radius 3 is 2.03 bits per heavy atom. The van der Waals surface area contributed by atoms with Crippen LogP contribution in [0.25, 0.3) is 0 Å². The molecule has 0 aliphatic heterocycles. The van der Waals surface area contributed by atoms with Crippen molar-refractivity contribution in [2.45, 2.75) is 13.0 Å². The standard InChI is InChI=1S/C24H24N2O4/c1-28-21-13-20(16-25-26-23(27)15-18-9-5-3-6-10-18)14-22(29-2)24(21)30-17-19-11-7-4-8-12-19/h3-14,16H,15,17H2,1-2H3,(H,26,27)/b25-16+. The Labute approximate surface area is 176 Å². The summed E-state index contributed by atoms with van der Waals surface area (Å²) in [6, 6.07) is 22.9. The first kappa shape index (κ1) is 20.9. The molecule has 3 aromatic carbocycles. The van der Waals surface area contributed by atoms with Gasteiger partial charge in [0, 0.05) is 5.56 Å². The molecule has 0 aliphatic rings. The second-order valence-electron chi connectivity index (χ2n) is 6.48. The van der Waals surface area contributed by atoms with Gasteiger partial charge in [-0.1, -0.05) is 60.7 Å². The zero-order valence-electron chi connectivity index (χ0n) is 17.0. The molecule has 1 N–H and O–H groups in total. The first-order valence-corrected chi connectivity index (χ1v) is 9.48. The molecule has 0 heterocycles. The molecule has 1 amide bonds. The molecule has 3 aromatic rings.